The van der Waals surface area contributed by atoms with Crippen molar-refractivity contribution in [2.75, 3.05) is 6.61 Å². The monoisotopic (exact) mass is 451 g/mol. The Labute approximate surface area is 187 Å². The van der Waals surface area contributed by atoms with Gasteiger partial charge in [0.1, 0.15) is 11.6 Å². The minimum Gasteiger partial charge on any atom is -0.492 e. The molecule has 0 spiro atoms. The van der Waals surface area contributed by atoms with Crippen molar-refractivity contribution in [3.63, 3.8) is 0 Å². The van der Waals surface area contributed by atoms with Crippen LogP contribution in [0.2, 0.25) is 0 Å². The molecule has 0 amide bonds. The first kappa shape index (κ1) is 20.7. The molecule has 0 radical (unpaired) electrons. The number of aryl methyl sites for hydroxylation is 2. The van der Waals surface area contributed by atoms with Crippen molar-refractivity contribution >= 4 is 15.7 Å². The van der Waals surface area contributed by atoms with E-state index in [4.69, 9.17) is 4.74 Å². The standard InChI is InChI=1S/C23H25N5O3S/c1-16-6-9-18(10-7-16)32(29,30)27-24-20-12-14-31-21-15-17(8-11-19(20)21)23-26-25-22-5-3-2-4-13-28(22)23/h6-11,15,27H,2-5,12-14H2,1H3/b24-20-. The number of nitrogens with one attached hydrogen (secondary N) is 1. The number of aromatic nitrogens is 3. The van der Waals surface area contributed by atoms with Crippen LogP contribution in [0.3, 0.4) is 0 Å². The largest absolute Gasteiger partial charge is 0.492 e. The predicted octanol–water partition coefficient (Wildman–Crippen LogP) is 3.45. The van der Waals surface area contributed by atoms with Gasteiger partial charge in [-0.05, 0) is 44.0 Å². The third-order valence-electron chi connectivity index (χ3n) is 5.89. The molecule has 0 aliphatic carbocycles. The molecule has 2 aliphatic rings. The second kappa shape index (κ2) is 8.38. The lowest BCUT2D eigenvalue weighted by Crippen LogP contribution is -2.23. The molecule has 9 heteroatoms. The highest BCUT2D eigenvalue weighted by atomic mass is 32.2. The molecular weight excluding hydrogens is 426 g/mol. The highest BCUT2D eigenvalue weighted by Crippen LogP contribution is 2.31. The molecule has 166 valence electrons. The summed E-state index contributed by atoms with van der Waals surface area (Å²) in [4.78, 5) is 2.56. The van der Waals surface area contributed by atoms with Gasteiger partial charge in [-0.1, -0.05) is 30.2 Å². The predicted molar refractivity (Wildman–Crippen MR) is 121 cm³/mol. The quantitative estimate of drug-likeness (QED) is 0.613. The van der Waals surface area contributed by atoms with Crippen molar-refractivity contribution in [2.24, 2.45) is 5.10 Å². The Bertz CT molecular complexity index is 1280. The van der Waals surface area contributed by atoms with Crippen LogP contribution >= 0.6 is 0 Å². The molecule has 3 aromatic rings. The molecule has 0 saturated carbocycles. The minimum atomic E-state index is -3.74. The van der Waals surface area contributed by atoms with E-state index in [-0.39, 0.29) is 4.90 Å². The SMILES string of the molecule is Cc1ccc(S(=O)(=O)N/N=C2/CCOc3cc(-c4nnc5n4CCCCC5)ccc32)cc1. The fourth-order valence-electron chi connectivity index (χ4n) is 4.11. The summed E-state index contributed by atoms with van der Waals surface area (Å²) >= 11 is 0. The van der Waals surface area contributed by atoms with Crippen LogP contribution in [0.4, 0.5) is 0 Å². The lowest BCUT2D eigenvalue weighted by atomic mass is 10.0. The van der Waals surface area contributed by atoms with Crippen molar-refractivity contribution in [3.8, 4) is 17.1 Å². The Kier molecular flexibility index (Phi) is 5.42. The summed E-state index contributed by atoms with van der Waals surface area (Å²) in [6, 6.07) is 12.5. The molecule has 3 heterocycles. The maximum atomic E-state index is 12.6. The lowest BCUT2D eigenvalue weighted by molar-refractivity contribution is 0.320. The number of rotatable bonds is 4. The van der Waals surface area contributed by atoms with Crippen LogP contribution in [0.5, 0.6) is 5.75 Å². The molecule has 0 unspecified atom stereocenters. The third kappa shape index (κ3) is 4.00. The number of fused-ring (bicyclic) bond motifs is 2. The molecular formula is C23H25N5O3S. The van der Waals surface area contributed by atoms with Crippen LogP contribution in [-0.4, -0.2) is 35.5 Å². The maximum Gasteiger partial charge on any atom is 0.276 e. The van der Waals surface area contributed by atoms with Gasteiger partial charge in [-0.15, -0.1) is 10.2 Å². The number of sulfonamides is 1. The van der Waals surface area contributed by atoms with Crippen molar-refractivity contribution < 1.29 is 13.2 Å². The van der Waals surface area contributed by atoms with Crippen LogP contribution in [0.25, 0.3) is 11.4 Å². The van der Waals surface area contributed by atoms with Gasteiger partial charge in [-0.3, -0.25) is 0 Å². The Morgan fingerprint density at radius 2 is 1.88 bits per heavy atom. The fourth-order valence-corrected chi connectivity index (χ4v) is 4.94. The van der Waals surface area contributed by atoms with Gasteiger partial charge < -0.3 is 9.30 Å². The van der Waals surface area contributed by atoms with Gasteiger partial charge >= 0.3 is 0 Å². The average Bonchev–Trinajstić information content (AvgIpc) is 3.05. The number of hydrogen-bond acceptors (Lipinski definition) is 6. The molecule has 0 bridgehead atoms. The molecule has 1 N–H and O–H groups in total. The van der Waals surface area contributed by atoms with Gasteiger partial charge in [0.05, 0.1) is 17.2 Å². The van der Waals surface area contributed by atoms with Crippen LogP contribution < -0.4 is 9.57 Å². The molecule has 0 atom stereocenters. The number of hydrazone groups is 1. The summed E-state index contributed by atoms with van der Waals surface area (Å²) in [6.45, 7) is 3.26. The Hall–Kier alpha value is -3.20. The zero-order valence-electron chi connectivity index (χ0n) is 17.9. The molecule has 8 nitrogen and oxygen atoms in total. The van der Waals surface area contributed by atoms with E-state index in [9.17, 15) is 8.42 Å². The van der Waals surface area contributed by atoms with Crippen LogP contribution in [0.1, 0.15) is 42.6 Å². The second-order valence-electron chi connectivity index (χ2n) is 8.18. The normalized spacial score (nSPS) is 17.2. The van der Waals surface area contributed by atoms with E-state index < -0.39 is 10.0 Å². The highest BCUT2D eigenvalue weighted by molar-refractivity contribution is 7.89. The van der Waals surface area contributed by atoms with Crippen molar-refractivity contribution in [1.82, 2.24) is 19.6 Å². The summed E-state index contributed by atoms with van der Waals surface area (Å²) in [7, 11) is -3.74. The molecule has 2 aliphatic heterocycles. The first-order chi connectivity index (χ1) is 15.5. The first-order valence-corrected chi connectivity index (χ1v) is 12.3. The fraction of sp³-hybridized carbons (Fsp3) is 0.348. The average molecular weight is 452 g/mol. The molecule has 0 fully saturated rings. The second-order valence-corrected chi connectivity index (χ2v) is 9.84. The van der Waals surface area contributed by atoms with E-state index in [1.54, 1.807) is 24.3 Å². The summed E-state index contributed by atoms with van der Waals surface area (Å²) in [5, 5.41) is 13.0. The molecule has 5 rings (SSSR count). The van der Waals surface area contributed by atoms with Gasteiger partial charge in [0, 0.05) is 30.5 Å². The van der Waals surface area contributed by atoms with E-state index >= 15 is 0 Å². The molecule has 32 heavy (non-hydrogen) atoms. The zero-order chi connectivity index (χ0) is 22.1. The van der Waals surface area contributed by atoms with Crippen molar-refractivity contribution in [1.29, 1.82) is 0 Å². The van der Waals surface area contributed by atoms with E-state index in [1.165, 1.54) is 6.42 Å². The van der Waals surface area contributed by atoms with Gasteiger partial charge in [0.2, 0.25) is 0 Å². The number of hydrogen-bond donors (Lipinski definition) is 1. The summed E-state index contributed by atoms with van der Waals surface area (Å²) in [5.74, 6) is 2.55. The number of ether oxygens (including phenoxy) is 1. The third-order valence-corrected chi connectivity index (χ3v) is 7.11. The maximum absolute atomic E-state index is 12.6. The highest BCUT2D eigenvalue weighted by Gasteiger charge is 2.22. The minimum absolute atomic E-state index is 0.183. The van der Waals surface area contributed by atoms with Gasteiger partial charge in [0.25, 0.3) is 10.0 Å². The van der Waals surface area contributed by atoms with E-state index in [1.807, 2.05) is 25.1 Å². The number of nitrogens with zero attached hydrogens (tertiary/aromatic N) is 4. The van der Waals surface area contributed by atoms with Gasteiger partial charge in [0.15, 0.2) is 5.82 Å². The Morgan fingerprint density at radius 1 is 1.03 bits per heavy atom. The first-order valence-electron chi connectivity index (χ1n) is 10.9. The van der Waals surface area contributed by atoms with Crippen LogP contribution in [0, 0.1) is 6.92 Å². The summed E-state index contributed by atoms with van der Waals surface area (Å²) in [5.41, 5.74) is 3.36. The number of benzene rings is 2. The van der Waals surface area contributed by atoms with Crippen molar-refractivity contribution in [3.05, 3.63) is 59.4 Å². The molecule has 1 aromatic heterocycles. The zero-order valence-corrected chi connectivity index (χ0v) is 18.7. The Morgan fingerprint density at radius 3 is 2.72 bits per heavy atom. The van der Waals surface area contributed by atoms with Crippen molar-refractivity contribution in [2.45, 2.75) is 50.5 Å². The van der Waals surface area contributed by atoms with Gasteiger partial charge in [-0.25, -0.2) is 0 Å². The summed E-state index contributed by atoms with van der Waals surface area (Å²) < 4.78 is 33.3. The summed E-state index contributed by atoms with van der Waals surface area (Å²) in [6.07, 6.45) is 4.94. The van der Waals surface area contributed by atoms with Crippen LogP contribution in [-0.2, 0) is 23.0 Å². The van der Waals surface area contributed by atoms with E-state index in [2.05, 4.69) is 24.7 Å². The topological polar surface area (TPSA) is 98.5 Å². The molecule has 0 saturated heterocycles. The van der Waals surface area contributed by atoms with E-state index in [0.29, 0.717) is 24.5 Å². The Balaban J connectivity index is 1.42. The molecule has 2 aromatic carbocycles. The smallest absolute Gasteiger partial charge is 0.276 e. The lowest BCUT2D eigenvalue weighted by Gasteiger charge is -2.20. The van der Waals surface area contributed by atoms with E-state index in [0.717, 1.165) is 54.1 Å². The van der Waals surface area contributed by atoms with Gasteiger partial charge in [-0.2, -0.15) is 18.4 Å². The van der Waals surface area contributed by atoms with Crippen LogP contribution in [0.15, 0.2) is 52.5 Å².